The van der Waals surface area contributed by atoms with E-state index in [2.05, 4.69) is 31.7 Å². The van der Waals surface area contributed by atoms with Crippen LogP contribution in [0.4, 0.5) is 11.5 Å². The number of benzene rings is 1. The van der Waals surface area contributed by atoms with E-state index in [0.29, 0.717) is 17.3 Å². The zero-order chi connectivity index (χ0) is 16.8. The van der Waals surface area contributed by atoms with Gasteiger partial charge in [-0.3, -0.25) is 9.59 Å². The number of aromatic nitrogens is 1. The summed E-state index contributed by atoms with van der Waals surface area (Å²) in [5, 5.41) is 8.73. The topological polar surface area (TPSA) is 84.2 Å². The van der Waals surface area contributed by atoms with E-state index in [4.69, 9.17) is 4.52 Å². The van der Waals surface area contributed by atoms with Gasteiger partial charge in [0.15, 0.2) is 5.82 Å². The van der Waals surface area contributed by atoms with E-state index >= 15 is 0 Å². The molecule has 2 rings (SSSR count). The van der Waals surface area contributed by atoms with Crippen molar-refractivity contribution in [3.63, 3.8) is 0 Å². The molecule has 0 aliphatic heterocycles. The molecule has 2 amide bonds. The minimum absolute atomic E-state index is 0.162. The molecule has 2 aromatic rings. The number of halogens is 1. The molecule has 0 radical (unpaired) electrons. The van der Waals surface area contributed by atoms with E-state index in [1.54, 1.807) is 26.0 Å². The average molecular weight is 398 g/mol. The number of rotatable bonds is 6. The zero-order valence-electron chi connectivity index (χ0n) is 12.6. The maximum absolute atomic E-state index is 12.0. The van der Waals surface area contributed by atoms with E-state index in [1.807, 2.05) is 18.2 Å². The molecule has 1 aromatic carbocycles. The number of thioether (sulfide) groups is 1. The maximum Gasteiger partial charge on any atom is 0.238 e. The van der Waals surface area contributed by atoms with Crippen LogP contribution in [0.3, 0.4) is 0 Å². The number of nitrogens with zero attached hydrogens (tertiary/aromatic N) is 1. The van der Waals surface area contributed by atoms with Gasteiger partial charge in [0, 0.05) is 16.2 Å². The summed E-state index contributed by atoms with van der Waals surface area (Å²) in [4.78, 5) is 23.9. The molecule has 1 aromatic heterocycles. The molecule has 6 nitrogen and oxygen atoms in total. The Morgan fingerprint density at radius 1 is 1.35 bits per heavy atom. The van der Waals surface area contributed by atoms with E-state index in [-0.39, 0.29) is 22.8 Å². The van der Waals surface area contributed by atoms with Crippen LogP contribution in [0.5, 0.6) is 0 Å². The fourth-order valence-corrected chi connectivity index (χ4v) is 2.78. The second kappa shape index (κ2) is 8.16. The van der Waals surface area contributed by atoms with E-state index < -0.39 is 0 Å². The van der Waals surface area contributed by atoms with Crippen molar-refractivity contribution in [2.75, 3.05) is 16.4 Å². The highest BCUT2D eigenvalue weighted by atomic mass is 79.9. The summed E-state index contributed by atoms with van der Waals surface area (Å²) in [5.74, 6) is 0.787. The number of nitrogens with one attached hydrogen (secondary N) is 2. The molecule has 0 spiro atoms. The lowest BCUT2D eigenvalue weighted by Gasteiger charge is -2.10. The third-order valence-electron chi connectivity index (χ3n) is 2.82. The fraction of sp³-hybridized carbons (Fsp3) is 0.267. The van der Waals surface area contributed by atoms with Crippen molar-refractivity contribution in [1.82, 2.24) is 5.16 Å². The first-order valence-corrected chi connectivity index (χ1v) is 8.69. The SMILES string of the molecule is Cc1cc(NC(=O)[C@H](C)SCC(=O)Nc2cccc(Br)c2)no1. The van der Waals surface area contributed by atoms with E-state index in [1.165, 1.54) is 11.8 Å². The molecule has 1 atom stereocenters. The highest BCUT2D eigenvalue weighted by Gasteiger charge is 2.16. The molecule has 8 heteroatoms. The first-order valence-electron chi connectivity index (χ1n) is 6.85. The number of aryl methyl sites for hydroxylation is 1. The molecular formula is C15H16BrN3O3S. The van der Waals surface area contributed by atoms with Gasteiger partial charge < -0.3 is 15.2 Å². The van der Waals surface area contributed by atoms with Gasteiger partial charge >= 0.3 is 0 Å². The van der Waals surface area contributed by atoms with Crippen LogP contribution in [0.2, 0.25) is 0 Å². The number of carbonyl (C=O) groups is 2. The van der Waals surface area contributed by atoms with Gasteiger partial charge in [-0.2, -0.15) is 0 Å². The van der Waals surface area contributed by atoms with Crippen LogP contribution in [0, 0.1) is 6.92 Å². The van der Waals surface area contributed by atoms with Crippen molar-refractivity contribution in [2.45, 2.75) is 19.1 Å². The summed E-state index contributed by atoms with van der Waals surface area (Å²) in [6.45, 7) is 3.48. The van der Waals surface area contributed by atoms with Crippen molar-refractivity contribution >= 4 is 51.0 Å². The largest absolute Gasteiger partial charge is 0.360 e. The summed E-state index contributed by atoms with van der Waals surface area (Å²) in [7, 11) is 0. The van der Waals surface area contributed by atoms with Crippen molar-refractivity contribution in [3.8, 4) is 0 Å². The van der Waals surface area contributed by atoms with E-state index in [0.717, 1.165) is 4.47 Å². The van der Waals surface area contributed by atoms with Crippen LogP contribution in [0.25, 0.3) is 0 Å². The van der Waals surface area contributed by atoms with Crippen molar-refractivity contribution < 1.29 is 14.1 Å². The third-order valence-corrected chi connectivity index (χ3v) is 4.46. The third kappa shape index (κ3) is 5.72. The lowest BCUT2D eigenvalue weighted by Crippen LogP contribution is -2.25. The van der Waals surface area contributed by atoms with Crippen LogP contribution in [0.1, 0.15) is 12.7 Å². The second-order valence-electron chi connectivity index (χ2n) is 4.82. The molecule has 0 saturated heterocycles. The standard InChI is InChI=1S/C15H16BrN3O3S/c1-9-6-13(19-22-9)18-15(21)10(2)23-8-14(20)17-12-5-3-4-11(16)7-12/h3-7,10H,8H2,1-2H3,(H,17,20)(H,18,19,21)/t10-/m0/s1. The first-order chi connectivity index (χ1) is 10.9. The van der Waals surface area contributed by atoms with Gasteiger partial charge in [-0.15, -0.1) is 11.8 Å². The molecule has 0 aliphatic carbocycles. The van der Waals surface area contributed by atoms with Crippen LogP contribution in [-0.4, -0.2) is 28.0 Å². The van der Waals surface area contributed by atoms with Crippen molar-refractivity contribution in [3.05, 3.63) is 40.6 Å². The predicted octanol–water partition coefficient (Wildman–Crippen LogP) is 3.44. The molecule has 0 aliphatic rings. The molecule has 23 heavy (non-hydrogen) atoms. The average Bonchev–Trinajstić information content (AvgIpc) is 2.90. The summed E-state index contributed by atoms with van der Waals surface area (Å²) in [5.41, 5.74) is 0.708. The summed E-state index contributed by atoms with van der Waals surface area (Å²) < 4.78 is 5.77. The summed E-state index contributed by atoms with van der Waals surface area (Å²) >= 11 is 4.59. The number of carbonyl (C=O) groups excluding carboxylic acids is 2. The van der Waals surface area contributed by atoms with Gasteiger partial charge in [-0.25, -0.2) is 0 Å². The molecule has 0 fully saturated rings. The number of hydrogen-bond acceptors (Lipinski definition) is 5. The Labute approximate surface area is 146 Å². The quantitative estimate of drug-likeness (QED) is 0.779. The predicted molar refractivity (Wildman–Crippen MR) is 94.6 cm³/mol. The highest BCUT2D eigenvalue weighted by Crippen LogP contribution is 2.17. The van der Waals surface area contributed by atoms with Crippen LogP contribution in [0.15, 0.2) is 39.3 Å². The van der Waals surface area contributed by atoms with Crippen molar-refractivity contribution in [2.24, 2.45) is 0 Å². The number of anilines is 2. The molecule has 0 saturated carbocycles. The van der Waals surface area contributed by atoms with Gasteiger partial charge in [0.2, 0.25) is 11.8 Å². The number of amides is 2. The van der Waals surface area contributed by atoms with E-state index in [9.17, 15) is 9.59 Å². The van der Waals surface area contributed by atoms with Gasteiger partial charge in [-0.1, -0.05) is 27.2 Å². The molecule has 0 unspecified atom stereocenters. The first kappa shape index (κ1) is 17.6. The molecule has 122 valence electrons. The van der Waals surface area contributed by atoms with Gasteiger partial charge in [0.05, 0.1) is 11.0 Å². The normalized spacial score (nSPS) is 11.8. The lowest BCUT2D eigenvalue weighted by molar-refractivity contribution is -0.115. The van der Waals surface area contributed by atoms with Crippen molar-refractivity contribution in [1.29, 1.82) is 0 Å². The highest BCUT2D eigenvalue weighted by molar-refractivity contribution is 9.10. The Balaban J connectivity index is 1.77. The zero-order valence-corrected chi connectivity index (χ0v) is 15.0. The molecular weight excluding hydrogens is 382 g/mol. The molecule has 2 N–H and O–H groups in total. The van der Waals surface area contributed by atoms with Gasteiger partial charge in [0.1, 0.15) is 5.76 Å². The minimum atomic E-state index is -0.389. The van der Waals surface area contributed by atoms with Crippen LogP contribution < -0.4 is 10.6 Å². The monoisotopic (exact) mass is 397 g/mol. The second-order valence-corrected chi connectivity index (χ2v) is 7.07. The molecule has 1 heterocycles. The van der Waals surface area contributed by atoms with Crippen LogP contribution >= 0.6 is 27.7 Å². The molecule has 0 bridgehead atoms. The van der Waals surface area contributed by atoms with Gasteiger partial charge in [-0.05, 0) is 32.0 Å². The Morgan fingerprint density at radius 3 is 2.78 bits per heavy atom. The Kier molecular flexibility index (Phi) is 6.23. The smallest absolute Gasteiger partial charge is 0.238 e. The Hall–Kier alpha value is -1.80. The fourth-order valence-electron chi connectivity index (χ4n) is 1.69. The van der Waals surface area contributed by atoms with Crippen LogP contribution in [-0.2, 0) is 9.59 Å². The summed E-state index contributed by atoms with van der Waals surface area (Å²) in [6, 6.07) is 8.96. The maximum atomic E-state index is 12.0. The number of hydrogen-bond donors (Lipinski definition) is 2. The summed E-state index contributed by atoms with van der Waals surface area (Å²) in [6.07, 6.45) is 0. The Bertz CT molecular complexity index is 705. The van der Waals surface area contributed by atoms with Gasteiger partial charge in [0.25, 0.3) is 0 Å². The minimum Gasteiger partial charge on any atom is -0.360 e. The lowest BCUT2D eigenvalue weighted by atomic mass is 10.3. The Morgan fingerprint density at radius 2 is 2.13 bits per heavy atom.